The number of aromatic nitrogens is 3. The minimum absolute atomic E-state index is 0.0622. The van der Waals surface area contributed by atoms with E-state index in [1.807, 2.05) is 13.0 Å². The standard InChI is InChI=1S/C23H27N5O5S2/c1-15-14-32-11-10-28(15)19-12-18(23(2,3)35(4,30)31)25-20(26-19)17-13-24-21(34-17)27-22(29)33-16-8-6-5-7-9-16/h5-9,12-13,15H,10-11,14H2,1-4H3,(H,24,27,29)/t15-/m0/s1. The number of para-hydroxylation sites is 1. The fourth-order valence-corrected chi connectivity index (χ4v) is 4.62. The summed E-state index contributed by atoms with van der Waals surface area (Å²) < 4.78 is 34.7. The highest BCUT2D eigenvalue weighted by Gasteiger charge is 2.36. The quantitative estimate of drug-likeness (QED) is 0.521. The molecule has 3 heterocycles. The van der Waals surface area contributed by atoms with Gasteiger partial charge in [0.1, 0.15) is 16.3 Å². The van der Waals surface area contributed by atoms with Crippen LogP contribution in [0.3, 0.4) is 0 Å². The molecule has 0 radical (unpaired) electrons. The van der Waals surface area contributed by atoms with Crippen molar-refractivity contribution in [2.24, 2.45) is 0 Å². The number of thiazole rings is 1. The van der Waals surface area contributed by atoms with E-state index in [2.05, 4.69) is 20.2 Å². The zero-order valence-corrected chi connectivity index (χ0v) is 21.5. The molecule has 1 atom stereocenters. The van der Waals surface area contributed by atoms with E-state index < -0.39 is 20.7 Å². The van der Waals surface area contributed by atoms with Gasteiger partial charge in [-0.3, -0.25) is 5.32 Å². The average Bonchev–Trinajstić information content (AvgIpc) is 3.27. The van der Waals surface area contributed by atoms with Crippen LogP contribution >= 0.6 is 11.3 Å². The van der Waals surface area contributed by atoms with Crippen molar-refractivity contribution in [3.05, 3.63) is 48.3 Å². The molecule has 2 aromatic heterocycles. The molecule has 12 heteroatoms. The van der Waals surface area contributed by atoms with Crippen molar-refractivity contribution in [2.45, 2.75) is 31.6 Å². The molecule has 1 fully saturated rings. The predicted octanol–water partition coefficient (Wildman–Crippen LogP) is 3.72. The van der Waals surface area contributed by atoms with E-state index >= 15 is 0 Å². The second-order valence-electron chi connectivity index (χ2n) is 8.69. The number of hydrogen-bond acceptors (Lipinski definition) is 10. The molecular weight excluding hydrogens is 490 g/mol. The van der Waals surface area contributed by atoms with Crippen molar-refractivity contribution in [3.8, 4) is 16.5 Å². The highest BCUT2D eigenvalue weighted by Crippen LogP contribution is 2.34. The van der Waals surface area contributed by atoms with E-state index in [1.165, 1.54) is 17.6 Å². The number of rotatable bonds is 6. The van der Waals surface area contributed by atoms with E-state index in [0.29, 0.717) is 52.9 Å². The molecule has 1 N–H and O–H groups in total. The van der Waals surface area contributed by atoms with E-state index in [-0.39, 0.29) is 6.04 Å². The van der Waals surface area contributed by atoms with Crippen LogP contribution in [0.5, 0.6) is 5.75 Å². The summed E-state index contributed by atoms with van der Waals surface area (Å²) in [6.45, 7) is 6.99. The lowest BCUT2D eigenvalue weighted by atomic mass is 10.1. The molecule has 0 unspecified atom stereocenters. The van der Waals surface area contributed by atoms with Crippen molar-refractivity contribution in [2.75, 3.05) is 36.2 Å². The Morgan fingerprint density at radius 2 is 2.00 bits per heavy atom. The molecule has 0 bridgehead atoms. The molecule has 1 aliphatic rings. The Morgan fingerprint density at radius 1 is 1.26 bits per heavy atom. The van der Waals surface area contributed by atoms with Gasteiger partial charge in [0.25, 0.3) is 0 Å². The van der Waals surface area contributed by atoms with Gasteiger partial charge in [0.05, 0.1) is 36.0 Å². The first-order chi connectivity index (χ1) is 16.5. The van der Waals surface area contributed by atoms with Crippen LogP contribution in [0.1, 0.15) is 26.5 Å². The molecule has 0 spiro atoms. The van der Waals surface area contributed by atoms with Crippen molar-refractivity contribution >= 4 is 38.2 Å². The highest BCUT2D eigenvalue weighted by molar-refractivity contribution is 7.91. The number of anilines is 2. The lowest BCUT2D eigenvalue weighted by Gasteiger charge is -2.35. The Morgan fingerprint density at radius 3 is 2.69 bits per heavy atom. The van der Waals surface area contributed by atoms with Gasteiger partial charge in [-0.15, -0.1) is 0 Å². The normalized spacial score (nSPS) is 16.7. The van der Waals surface area contributed by atoms with Crippen molar-refractivity contribution in [1.82, 2.24) is 15.0 Å². The van der Waals surface area contributed by atoms with Crippen LogP contribution in [0.15, 0.2) is 42.6 Å². The first-order valence-corrected chi connectivity index (χ1v) is 13.7. The van der Waals surface area contributed by atoms with Gasteiger partial charge >= 0.3 is 6.09 Å². The molecular formula is C23H27N5O5S2. The third-order valence-corrected chi connectivity index (χ3v) is 8.78. The second kappa shape index (κ2) is 9.88. The Bertz CT molecular complexity index is 1310. The molecule has 10 nitrogen and oxygen atoms in total. The zero-order chi connectivity index (χ0) is 25.2. The van der Waals surface area contributed by atoms with Crippen LogP contribution in [0.25, 0.3) is 10.7 Å². The maximum Gasteiger partial charge on any atom is 0.418 e. The lowest BCUT2D eigenvalue weighted by Crippen LogP contribution is -2.44. The fraction of sp³-hybridized carbons (Fsp3) is 0.391. The van der Waals surface area contributed by atoms with Gasteiger partial charge in [0.2, 0.25) is 0 Å². The monoisotopic (exact) mass is 517 g/mol. The van der Waals surface area contributed by atoms with Gasteiger partial charge in [-0.2, -0.15) is 0 Å². The molecule has 3 aromatic rings. The van der Waals surface area contributed by atoms with E-state index in [4.69, 9.17) is 14.5 Å². The fourth-order valence-electron chi connectivity index (χ4n) is 3.40. The van der Waals surface area contributed by atoms with E-state index in [1.54, 1.807) is 50.4 Å². The third-order valence-electron chi connectivity index (χ3n) is 5.81. The first kappa shape index (κ1) is 25.0. The summed E-state index contributed by atoms with van der Waals surface area (Å²) in [6, 6.07) is 10.5. The smallest absolute Gasteiger partial charge is 0.410 e. The Kier molecular flexibility index (Phi) is 7.06. The van der Waals surface area contributed by atoms with Crippen molar-refractivity contribution in [3.63, 3.8) is 0 Å². The maximum atomic E-state index is 12.6. The average molecular weight is 518 g/mol. The molecule has 0 saturated carbocycles. The summed E-state index contributed by atoms with van der Waals surface area (Å²) >= 11 is 1.17. The Balaban J connectivity index is 1.66. The zero-order valence-electron chi connectivity index (χ0n) is 19.9. The molecule has 1 saturated heterocycles. The number of amides is 1. The number of benzene rings is 1. The van der Waals surface area contributed by atoms with Crippen LogP contribution in [0, 0.1) is 0 Å². The van der Waals surface area contributed by atoms with Crippen LogP contribution in [-0.4, -0.2) is 61.5 Å². The number of carbonyl (C=O) groups is 1. The number of hydrogen-bond donors (Lipinski definition) is 1. The van der Waals surface area contributed by atoms with Gasteiger partial charge in [-0.1, -0.05) is 29.5 Å². The number of morpholine rings is 1. The van der Waals surface area contributed by atoms with Crippen LogP contribution in [-0.2, 0) is 19.3 Å². The van der Waals surface area contributed by atoms with Gasteiger partial charge in [-0.25, -0.2) is 28.2 Å². The number of nitrogens with one attached hydrogen (secondary N) is 1. The SMILES string of the molecule is C[C@H]1COCCN1c1cc(C(C)(C)S(C)(=O)=O)nc(-c2cnc(NC(=O)Oc3ccccc3)s2)n1. The molecule has 1 amide bonds. The molecule has 1 aliphatic heterocycles. The number of ether oxygens (including phenoxy) is 2. The van der Waals surface area contributed by atoms with Crippen molar-refractivity contribution in [1.29, 1.82) is 0 Å². The minimum Gasteiger partial charge on any atom is -0.410 e. The largest absolute Gasteiger partial charge is 0.418 e. The summed E-state index contributed by atoms with van der Waals surface area (Å²) in [4.78, 5) is 28.5. The van der Waals surface area contributed by atoms with E-state index in [0.717, 1.165) is 0 Å². The van der Waals surface area contributed by atoms with Gasteiger partial charge in [-0.05, 0) is 32.9 Å². The van der Waals surface area contributed by atoms with Crippen LogP contribution in [0.2, 0.25) is 0 Å². The number of sulfone groups is 1. The molecule has 186 valence electrons. The number of carbonyl (C=O) groups excluding carboxylic acids is 1. The van der Waals surface area contributed by atoms with Crippen LogP contribution < -0.4 is 15.0 Å². The summed E-state index contributed by atoms with van der Waals surface area (Å²) in [5.41, 5.74) is 0.380. The summed E-state index contributed by atoms with van der Waals surface area (Å²) in [5.74, 6) is 1.35. The second-order valence-corrected chi connectivity index (χ2v) is 12.3. The summed E-state index contributed by atoms with van der Waals surface area (Å²) in [5, 5.41) is 2.91. The van der Waals surface area contributed by atoms with Crippen LogP contribution in [0.4, 0.5) is 15.7 Å². The molecule has 4 rings (SSSR count). The van der Waals surface area contributed by atoms with Gasteiger partial charge in [0, 0.05) is 18.9 Å². The minimum atomic E-state index is -3.48. The lowest BCUT2D eigenvalue weighted by molar-refractivity contribution is 0.0985. The number of nitrogens with zero attached hydrogens (tertiary/aromatic N) is 4. The molecule has 1 aromatic carbocycles. The Labute approximate surface area is 208 Å². The van der Waals surface area contributed by atoms with Crippen molar-refractivity contribution < 1.29 is 22.7 Å². The van der Waals surface area contributed by atoms with Gasteiger partial charge in [0.15, 0.2) is 20.8 Å². The predicted molar refractivity (Wildman–Crippen MR) is 135 cm³/mol. The van der Waals surface area contributed by atoms with E-state index in [9.17, 15) is 13.2 Å². The summed E-state index contributed by atoms with van der Waals surface area (Å²) in [7, 11) is -3.48. The maximum absolute atomic E-state index is 12.6. The third kappa shape index (κ3) is 5.60. The van der Waals surface area contributed by atoms with Gasteiger partial charge < -0.3 is 14.4 Å². The topological polar surface area (TPSA) is 124 Å². The molecule has 0 aliphatic carbocycles. The highest BCUT2D eigenvalue weighted by atomic mass is 32.2. The summed E-state index contributed by atoms with van der Waals surface area (Å²) in [6.07, 6.45) is 2.06. The first-order valence-electron chi connectivity index (χ1n) is 11.0. The Hall–Kier alpha value is -3.09. The molecule has 35 heavy (non-hydrogen) atoms.